The minimum absolute atomic E-state index is 0.0143. The van der Waals surface area contributed by atoms with Gasteiger partial charge in [-0.05, 0) is 56.4 Å². The van der Waals surface area contributed by atoms with E-state index in [1.54, 1.807) is 21.8 Å². The van der Waals surface area contributed by atoms with Gasteiger partial charge >= 0.3 is 0 Å². The summed E-state index contributed by atoms with van der Waals surface area (Å²) in [6.07, 6.45) is 5.30. The third kappa shape index (κ3) is 3.00. The second-order valence-electron chi connectivity index (χ2n) is 7.46. The predicted molar refractivity (Wildman–Crippen MR) is 100 cm³/mol. The van der Waals surface area contributed by atoms with E-state index in [2.05, 4.69) is 22.5 Å². The topological polar surface area (TPSA) is 67.2 Å². The van der Waals surface area contributed by atoms with Crippen LogP contribution in [0.3, 0.4) is 0 Å². The maximum atomic E-state index is 12.7. The fourth-order valence-corrected chi connectivity index (χ4v) is 3.91. The van der Waals surface area contributed by atoms with Gasteiger partial charge in [-0.3, -0.25) is 9.59 Å². The summed E-state index contributed by atoms with van der Waals surface area (Å²) in [5, 5.41) is 7.16. The normalized spacial score (nSPS) is 19.3. The van der Waals surface area contributed by atoms with Gasteiger partial charge in [-0.15, -0.1) is 0 Å². The number of amides is 2. The Bertz CT molecular complexity index is 855. The highest BCUT2D eigenvalue weighted by Gasteiger charge is 2.35. The molecule has 4 rings (SSSR count). The van der Waals surface area contributed by atoms with Crippen molar-refractivity contribution >= 4 is 23.3 Å². The first-order chi connectivity index (χ1) is 12.5. The highest BCUT2D eigenvalue weighted by atomic mass is 16.2. The molecular formula is C20H24N4O2. The molecule has 2 aromatic rings. The van der Waals surface area contributed by atoms with Crippen LogP contribution >= 0.6 is 0 Å². The van der Waals surface area contributed by atoms with E-state index in [0.717, 1.165) is 18.5 Å². The number of anilines is 2. The van der Waals surface area contributed by atoms with E-state index in [9.17, 15) is 9.59 Å². The lowest BCUT2D eigenvalue weighted by Gasteiger charge is -2.18. The fraction of sp³-hybridized carbons (Fsp3) is 0.450. The minimum Gasteiger partial charge on any atom is -0.312 e. The maximum absolute atomic E-state index is 12.7. The first-order valence-corrected chi connectivity index (χ1v) is 9.29. The molecule has 2 aliphatic rings. The van der Waals surface area contributed by atoms with Crippen molar-refractivity contribution in [2.75, 3.05) is 16.8 Å². The van der Waals surface area contributed by atoms with Crippen molar-refractivity contribution in [3.05, 3.63) is 41.6 Å². The lowest BCUT2D eigenvalue weighted by Crippen LogP contribution is -2.29. The maximum Gasteiger partial charge on any atom is 0.230 e. The largest absolute Gasteiger partial charge is 0.312 e. The molecular weight excluding hydrogens is 328 g/mol. The van der Waals surface area contributed by atoms with E-state index in [-0.39, 0.29) is 30.2 Å². The quantitative estimate of drug-likeness (QED) is 0.920. The third-order valence-electron chi connectivity index (χ3n) is 5.30. The fourth-order valence-electron chi connectivity index (χ4n) is 3.91. The molecule has 2 heterocycles. The molecule has 0 spiro atoms. The van der Waals surface area contributed by atoms with E-state index in [1.807, 2.05) is 19.9 Å². The van der Waals surface area contributed by atoms with Gasteiger partial charge in [0.25, 0.3) is 0 Å². The van der Waals surface area contributed by atoms with Crippen molar-refractivity contribution in [2.24, 2.45) is 5.92 Å². The summed E-state index contributed by atoms with van der Waals surface area (Å²) >= 11 is 0. The highest BCUT2D eigenvalue weighted by Crippen LogP contribution is 2.31. The second kappa shape index (κ2) is 6.59. The molecule has 136 valence electrons. The van der Waals surface area contributed by atoms with Gasteiger partial charge in [0.05, 0.1) is 12.1 Å². The summed E-state index contributed by atoms with van der Waals surface area (Å²) in [6, 6.07) is 8.20. The first-order valence-electron chi connectivity index (χ1n) is 9.29. The van der Waals surface area contributed by atoms with Crippen molar-refractivity contribution in [1.29, 1.82) is 0 Å². The molecule has 1 aromatic heterocycles. The minimum atomic E-state index is -0.341. The summed E-state index contributed by atoms with van der Waals surface area (Å²) in [7, 11) is 0. The Labute approximate surface area is 153 Å². The number of benzene rings is 1. The van der Waals surface area contributed by atoms with Gasteiger partial charge < -0.3 is 10.2 Å². The monoisotopic (exact) mass is 352 g/mol. The average Bonchev–Trinajstić information content (AvgIpc) is 3.32. The van der Waals surface area contributed by atoms with Crippen LogP contribution < -0.4 is 10.2 Å². The van der Waals surface area contributed by atoms with Gasteiger partial charge in [-0.2, -0.15) is 5.10 Å². The van der Waals surface area contributed by atoms with Crippen molar-refractivity contribution in [3.8, 4) is 0 Å². The number of nitrogens with one attached hydrogen (secondary N) is 1. The number of hydrogen-bond donors (Lipinski definition) is 1. The van der Waals surface area contributed by atoms with Crippen molar-refractivity contribution < 1.29 is 9.59 Å². The standard InChI is InChI=1S/C20H24N4O2/c1-13(2)24-18(8-9-21-24)22-20(26)16-11-19(25)23(12-16)17-7-6-14-4-3-5-15(14)10-17/h6-10,13,16H,3-5,11-12H2,1-2H3,(H,22,26). The molecule has 6 heteroatoms. The Morgan fingerprint density at radius 1 is 1.23 bits per heavy atom. The summed E-state index contributed by atoms with van der Waals surface area (Å²) in [6.45, 7) is 4.45. The number of rotatable bonds is 4. The average molecular weight is 352 g/mol. The van der Waals surface area contributed by atoms with Crippen LogP contribution in [0.2, 0.25) is 0 Å². The molecule has 1 unspecified atom stereocenters. The zero-order chi connectivity index (χ0) is 18.3. The predicted octanol–water partition coefficient (Wildman–Crippen LogP) is 2.94. The van der Waals surface area contributed by atoms with E-state index < -0.39 is 0 Å². The Kier molecular flexibility index (Phi) is 4.26. The van der Waals surface area contributed by atoms with Crippen molar-refractivity contribution in [2.45, 2.75) is 45.6 Å². The number of nitrogens with zero attached hydrogens (tertiary/aromatic N) is 3. The van der Waals surface area contributed by atoms with Gasteiger partial charge in [0.1, 0.15) is 5.82 Å². The number of fused-ring (bicyclic) bond motifs is 1. The molecule has 1 saturated heterocycles. The van der Waals surface area contributed by atoms with Crippen LogP contribution in [0.25, 0.3) is 0 Å². The van der Waals surface area contributed by atoms with E-state index in [0.29, 0.717) is 12.4 Å². The Hall–Kier alpha value is -2.63. The van der Waals surface area contributed by atoms with Crippen molar-refractivity contribution in [1.82, 2.24) is 9.78 Å². The second-order valence-corrected chi connectivity index (χ2v) is 7.46. The van der Waals surface area contributed by atoms with Crippen LogP contribution in [0.1, 0.15) is 43.9 Å². The molecule has 1 N–H and O–H groups in total. The lowest BCUT2D eigenvalue weighted by atomic mass is 10.1. The van der Waals surface area contributed by atoms with Crippen LogP contribution in [0.15, 0.2) is 30.5 Å². The molecule has 2 amide bonds. The Balaban J connectivity index is 1.47. The summed E-state index contributed by atoms with van der Waals surface area (Å²) in [5.41, 5.74) is 3.64. The number of carbonyl (C=O) groups excluding carboxylic acids is 2. The van der Waals surface area contributed by atoms with Crippen LogP contribution in [0.5, 0.6) is 0 Å². The number of aryl methyl sites for hydroxylation is 2. The summed E-state index contributed by atoms with van der Waals surface area (Å²) < 4.78 is 1.77. The number of aromatic nitrogens is 2. The van der Waals surface area contributed by atoms with Gasteiger partial charge in [0, 0.05) is 30.8 Å². The molecule has 0 radical (unpaired) electrons. The van der Waals surface area contributed by atoms with Gasteiger partial charge in [-0.1, -0.05) is 6.07 Å². The molecule has 1 aliphatic heterocycles. The number of hydrogen-bond acceptors (Lipinski definition) is 3. The zero-order valence-electron chi connectivity index (χ0n) is 15.2. The van der Waals surface area contributed by atoms with Crippen LogP contribution in [-0.4, -0.2) is 28.1 Å². The smallest absolute Gasteiger partial charge is 0.230 e. The Morgan fingerprint density at radius 3 is 2.85 bits per heavy atom. The Morgan fingerprint density at radius 2 is 2.04 bits per heavy atom. The van der Waals surface area contributed by atoms with Crippen LogP contribution in [0.4, 0.5) is 11.5 Å². The lowest BCUT2D eigenvalue weighted by molar-refractivity contribution is -0.122. The van der Waals surface area contributed by atoms with Gasteiger partial charge in [0.15, 0.2) is 0 Å². The summed E-state index contributed by atoms with van der Waals surface area (Å²) in [5.74, 6) is 0.226. The SMILES string of the molecule is CC(C)n1nccc1NC(=O)C1CC(=O)N(c2ccc3c(c2)CCC3)C1. The molecule has 0 saturated carbocycles. The van der Waals surface area contributed by atoms with Gasteiger partial charge in [0.2, 0.25) is 11.8 Å². The van der Waals surface area contributed by atoms with Crippen LogP contribution in [-0.2, 0) is 22.4 Å². The third-order valence-corrected chi connectivity index (χ3v) is 5.30. The van der Waals surface area contributed by atoms with E-state index in [4.69, 9.17) is 0 Å². The molecule has 1 atom stereocenters. The first kappa shape index (κ1) is 16.8. The molecule has 1 aliphatic carbocycles. The molecule has 26 heavy (non-hydrogen) atoms. The molecule has 0 bridgehead atoms. The van der Waals surface area contributed by atoms with E-state index in [1.165, 1.54) is 17.5 Å². The van der Waals surface area contributed by atoms with E-state index >= 15 is 0 Å². The summed E-state index contributed by atoms with van der Waals surface area (Å²) in [4.78, 5) is 26.9. The van der Waals surface area contributed by atoms with Crippen molar-refractivity contribution in [3.63, 3.8) is 0 Å². The zero-order valence-corrected chi connectivity index (χ0v) is 15.2. The van der Waals surface area contributed by atoms with Gasteiger partial charge in [-0.25, -0.2) is 4.68 Å². The molecule has 1 fully saturated rings. The number of carbonyl (C=O) groups is 2. The molecule has 6 nitrogen and oxygen atoms in total. The highest BCUT2D eigenvalue weighted by molar-refractivity contribution is 6.03. The molecule has 1 aromatic carbocycles. The van der Waals surface area contributed by atoms with Crippen LogP contribution in [0, 0.1) is 5.92 Å².